The minimum absolute atomic E-state index is 0.229. The number of rotatable bonds is 6. The first kappa shape index (κ1) is 17.7. The molecule has 26 heavy (non-hydrogen) atoms. The van der Waals surface area contributed by atoms with Crippen molar-refractivity contribution in [1.82, 2.24) is 4.98 Å². The Bertz CT molecular complexity index is 920. The molecule has 0 fully saturated rings. The first-order valence-electron chi connectivity index (χ1n) is 7.91. The van der Waals surface area contributed by atoms with Crippen LogP contribution in [-0.2, 0) is 4.79 Å². The summed E-state index contributed by atoms with van der Waals surface area (Å²) in [6.07, 6.45) is 3.25. The van der Waals surface area contributed by atoms with E-state index in [0.717, 1.165) is 11.1 Å². The Labute approximate surface area is 155 Å². The number of hydrogen-bond acceptors (Lipinski definition) is 5. The van der Waals surface area contributed by atoms with Crippen molar-refractivity contribution in [1.29, 1.82) is 0 Å². The van der Waals surface area contributed by atoms with E-state index in [9.17, 15) is 4.79 Å². The Morgan fingerprint density at radius 3 is 2.65 bits per heavy atom. The van der Waals surface area contributed by atoms with Gasteiger partial charge in [-0.3, -0.25) is 10.1 Å². The van der Waals surface area contributed by atoms with E-state index in [1.807, 2.05) is 53.9 Å². The number of anilines is 1. The Morgan fingerprint density at radius 1 is 1.12 bits per heavy atom. The molecule has 0 atom stereocenters. The minimum Gasteiger partial charge on any atom is -0.497 e. The molecule has 0 unspecified atom stereocenters. The molecule has 6 heteroatoms. The monoisotopic (exact) mass is 366 g/mol. The van der Waals surface area contributed by atoms with Gasteiger partial charge in [0.25, 0.3) is 0 Å². The highest BCUT2D eigenvalue weighted by molar-refractivity contribution is 7.14. The molecule has 0 saturated heterocycles. The van der Waals surface area contributed by atoms with Gasteiger partial charge in [0.15, 0.2) is 5.13 Å². The molecular formula is C20H18N2O3S. The van der Waals surface area contributed by atoms with E-state index < -0.39 is 0 Å². The number of amides is 1. The third-order valence-corrected chi connectivity index (χ3v) is 4.40. The van der Waals surface area contributed by atoms with Crippen LogP contribution in [0.4, 0.5) is 5.13 Å². The zero-order chi connectivity index (χ0) is 18.4. The van der Waals surface area contributed by atoms with E-state index in [1.54, 1.807) is 20.3 Å². The lowest BCUT2D eigenvalue weighted by Crippen LogP contribution is -2.07. The molecule has 3 aromatic rings. The predicted octanol–water partition coefficient (Wildman–Crippen LogP) is 4.48. The molecule has 0 spiro atoms. The highest BCUT2D eigenvalue weighted by atomic mass is 32.1. The molecule has 1 amide bonds. The van der Waals surface area contributed by atoms with Crippen molar-refractivity contribution >= 4 is 28.5 Å². The molecule has 0 radical (unpaired) electrons. The van der Waals surface area contributed by atoms with Crippen LogP contribution < -0.4 is 14.8 Å². The van der Waals surface area contributed by atoms with E-state index in [-0.39, 0.29) is 5.91 Å². The Hall–Kier alpha value is -3.12. The molecule has 0 aliphatic heterocycles. The highest BCUT2D eigenvalue weighted by Crippen LogP contribution is 2.34. The summed E-state index contributed by atoms with van der Waals surface area (Å²) in [5, 5.41) is 5.17. The lowest BCUT2D eigenvalue weighted by atomic mass is 10.1. The van der Waals surface area contributed by atoms with Crippen LogP contribution in [0.15, 0.2) is 60.0 Å². The maximum absolute atomic E-state index is 12.1. The maximum atomic E-state index is 12.1. The van der Waals surface area contributed by atoms with Gasteiger partial charge in [0.05, 0.1) is 19.9 Å². The van der Waals surface area contributed by atoms with Crippen molar-refractivity contribution in [3.8, 4) is 22.8 Å². The van der Waals surface area contributed by atoms with Gasteiger partial charge in [-0.1, -0.05) is 30.3 Å². The smallest absolute Gasteiger partial charge is 0.250 e. The summed E-state index contributed by atoms with van der Waals surface area (Å²) in [5.41, 5.74) is 2.49. The second-order valence-corrected chi connectivity index (χ2v) is 6.20. The van der Waals surface area contributed by atoms with Gasteiger partial charge in [-0.2, -0.15) is 0 Å². The Balaban J connectivity index is 1.74. The summed E-state index contributed by atoms with van der Waals surface area (Å²) in [6.45, 7) is 0. The quantitative estimate of drug-likeness (QED) is 0.654. The van der Waals surface area contributed by atoms with Gasteiger partial charge < -0.3 is 9.47 Å². The number of nitrogens with zero attached hydrogens (tertiary/aromatic N) is 1. The summed E-state index contributed by atoms with van der Waals surface area (Å²) >= 11 is 1.35. The summed E-state index contributed by atoms with van der Waals surface area (Å²) in [6, 6.07) is 15.1. The predicted molar refractivity (Wildman–Crippen MR) is 105 cm³/mol. The summed E-state index contributed by atoms with van der Waals surface area (Å²) in [7, 11) is 3.21. The topological polar surface area (TPSA) is 60.5 Å². The number of carbonyl (C=O) groups excluding carboxylic acids is 1. The molecule has 3 rings (SSSR count). The molecule has 5 nitrogen and oxygen atoms in total. The normalized spacial score (nSPS) is 10.7. The Morgan fingerprint density at radius 2 is 1.92 bits per heavy atom. The average molecular weight is 366 g/mol. The number of aromatic nitrogens is 1. The molecule has 0 aliphatic carbocycles. The first-order chi connectivity index (χ1) is 12.7. The van der Waals surface area contributed by atoms with Crippen LogP contribution in [0.1, 0.15) is 5.56 Å². The number of benzene rings is 2. The fraction of sp³-hybridized carbons (Fsp3) is 0.100. The molecule has 1 N–H and O–H groups in total. The van der Waals surface area contributed by atoms with Gasteiger partial charge >= 0.3 is 0 Å². The van der Waals surface area contributed by atoms with Crippen LogP contribution in [-0.4, -0.2) is 25.1 Å². The fourth-order valence-corrected chi connectivity index (χ4v) is 3.07. The number of carbonyl (C=O) groups is 1. The number of hydrogen-bond donors (Lipinski definition) is 1. The molecule has 2 aromatic carbocycles. The van der Waals surface area contributed by atoms with Gasteiger partial charge in [-0.05, 0) is 29.8 Å². The van der Waals surface area contributed by atoms with Gasteiger partial charge in [0.1, 0.15) is 11.5 Å². The highest BCUT2D eigenvalue weighted by Gasteiger charge is 2.12. The second kappa shape index (κ2) is 8.31. The van der Waals surface area contributed by atoms with Crippen molar-refractivity contribution in [2.45, 2.75) is 0 Å². The molecule has 1 heterocycles. The number of thiazole rings is 1. The van der Waals surface area contributed by atoms with Gasteiger partial charge in [0.2, 0.25) is 5.91 Å². The van der Waals surface area contributed by atoms with Crippen LogP contribution in [0.5, 0.6) is 11.5 Å². The van der Waals surface area contributed by atoms with Crippen LogP contribution in [0, 0.1) is 0 Å². The van der Waals surface area contributed by atoms with Crippen molar-refractivity contribution < 1.29 is 14.3 Å². The minimum atomic E-state index is -0.229. The molecule has 0 aliphatic rings. The van der Waals surface area contributed by atoms with Crippen molar-refractivity contribution in [2.75, 3.05) is 19.5 Å². The zero-order valence-electron chi connectivity index (χ0n) is 14.4. The van der Waals surface area contributed by atoms with Crippen LogP contribution >= 0.6 is 11.3 Å². The van der Waals surface area contributed by atoms with Crippen molar-refractivity contribution in [3.05, 3.63) is 65.6 Å². The third kappa shape index (κ3) is 4.29. The molecule has 1 aromatic heterocycles. The molecule has 0 saturated carbocycles. The summed E-state index contributed by atoms with van der Waals surface area (Å²) in [4.78, 5) is 16.6. The third-order valence-electron chi connectivity index (χ3n) is 3.64. The van der Waals surface area contributed by atoms with Crippen LogP contribution in [0.3, 0.4) is 0 Å². The van der Waals surface area contributed by atoms with E-state index in [4.69, 9.17) is 9.47 Å². The standard InChI is InChI=1S/C20H18N2O3S/c1-24-15-9-10-18(25-2)16(12-15)17-13-26-20(21-17)22-19(23)11-8-14-6-4-3-5-7-14/h3-13H,1-2H3,(H,21,22,23)/b11-8+. The van der Waals surface area contributed by atoms with Crippen molar-refractivity contribution in [3.63, 3.8) is 0 Å². The van der Waals surface area contributed by atoms with Gasteiger partial charge in [-0.25, -0.2) is 4.98 Å². The lowest BCUT2D eigenvalue weighted by molar-refractivity contribution is -0.111. The number of nitrogens with one attached hydrogen (secondary N) is 1. The van der Waals surface area contributed by atoms with Gasteiger partial charge in [0, 0.05) is 17.0 Å². The van der Waals surface area contributed by atoms with E-state index in [1.165, 1.54) is 17.4 Å². The maximum Gasteiger partial charge on any atom is 0.250 e. The van der Waals surface area contributed by atoms with E-state index >= 15 is 0 Å². The number of ether oxygens (including phenoxy) is 2. The van der Waals surface area contributed by atoms with Crippen LogP contribution in [0.2, 0.25) is 0 Å². The largest absolute Gasteiger partial charge is 0.497 e. The SMILES string of the molecule is COc1ccc(OC)c(-c2csc(NC(=O)/C=C/c3ccccc3)n2)c1. The number of methoxy groups -OCH3 is 2. The Kier molecular flexibility index (Phi) is 5.66. The summed E-state index contributed by atoms with van der Waals surface area (Å²) in [5.74, 6) is 1.18. The first-order valence-corrected chi connectivity index (χ1v) is 8.79. The van der Waals surface area contributed by atoms with E-state index in [0.29, 0.717) is 22.3 Å². The molecule has 0 bridgehead atoms. The summed E-state index contributed by atoms with van der Waals surface area (Å²) < 4.78 is 10.7. The van der Waals surface area contributed by atoms with Crippen LogP contribution in [0.25, 0.3) is 17.3 Å². The molecular weight excluding hydrogens is 348 g/mol. The van der Waals surface area contributed by atoms with Gasteiger partial charge in [-0.15, -0.1) is 11.3 Å². The second-order valence-electron chi connectivity index (χ2n) is 5.34. The van der Waals surface area contributed by atoms with E-state index in [2.05, 4.69) is 10.3 Å². The van der Waals surface area contributed by atoms with Crippen molar-refractivity contribution in [2.24, 2.45) is 0 Å². The lowest BCUT2D eigenvalue weighted by Gasteiger charge is -2.08. The zero-order valence-corrected chi connectivity index (χ0v) is 15.2. The average Bonchev–Trinajstić information content (AvgIpc) is 3.15. The fourth-order valence-electron chi connectivity index (χ4n) is 2.35. The molecule has 132 valence electrons.